The Labute approximate surface area is 131 Å². The lowest BCUT2D eigenvalue weighted by Gasteiger charge is -2.30. The van der Waals surface area contributed by atoms with Crippen LogP contribution in [0, 0.1) is 11.3 Å². The van der Waals surface area contributed by atoms with Crippen molar-refractivity contribution in [2.75, 3.05) is 0 Å². The van der Waals surface area contributed by atoms with Crippen LogP contribution >= 0.6 is 0 Å². The molecule has 0 saturated carbocycles. The van der Waals surface area contributed by atoms with Crippen LogP contribution in [0.1, 0.15) is 38.3 Å². The molecule has 2 aromatic carbocycles. The molecule has 1 atom stereocenters. The molecule has 2 aliphatic carbocycles. The predicted octanol–water partition coefficient (Wildman–Crippen LogP) is 5.26. The summed E-state index contributed by atoms with van der Waals surface area (Å²) in [5, 5.41) is 2.31. The summed E-state index contributed by atoms with van der Waals surface area (Å²) in [6.45, 7) is 10.8. The van der Waals surface area contributed by atoms with Crippen LogP contribution in [-0.4, -0.2) is 5.78 Å². The molecule has 0 saturated heterocycles. The molecule has 4 rings (SSSR count). The van der Waals surface area contributed by atoms with Crippen LogP contribution in [0.4, 0.5) is 0 Å². The number of hydrogen-bond acceptors (Lipinski definition) is 1. The highest BCUT2D eigenvalue weighted by Gasteiger charge is 2.46. The quantitative estimate of drug-likeness (QED) is 0.605. The molecule has 2 aliphatic rings. The van der Waals surface area contributed by atoms with Gasteiger partial charge in [-0.1, -0.05) is 63.7 Å². The van der Waals surface area contributed by atoms with Gasteiger partial charge in [-0.15, -0.1) is 0 Å². The number of ketones is 1. The van der Waals surface area contributed by atoms with Crippen molar-refractivity contribution in [2.45, 2.75) is 27.2 Å². The monoisotopic (exact) mass is 288 g/mol. The van der Waals surface area contributed by atoms with Crippen LogP contribution in [0.25, 0.3) is 21.9 Å². The third kappa shape index (κ3) is 1.51. The fraction of sp³-hybridized carbons (Fsp3) is 0.286. The number of hydrogen-bond donors (Lipinski definition) is 0. The third-order valence-electron chi connectivity index (χ3n) is 5.75. The van der Waals surface area contributed by atoms with Crippen LogP contribution in [0.15, 0.2) is 48.6 Å². The second-order valence-corrected chi connectivity index (χ2v) is 7.20. The van der Waals surface area contributed by atoms with E-state index in [1.54, 1.807) is 0 Å². The van der Waals surface area contributed by atoms with E-state index in [0.717, 1.165) is 22.9 Å². The average Bonchev–Trinajstić information content (AvgIpc) is 2.74. The van der Waals surface area contributed by atoms with E-state index in [9.17, 15) is 4.79 Å². The van der Waals surface area contributed by atoms with E-state index < -0.39 is 0 Å². The molecule has 0 N–H and O–H groups in total. The van der Waals surface area contributed by atoms with Crippen molar-refractivity contribution >= 4 is 27.7 Å². The van der Waals surface area contributed by atoms with Gasteiger partial charge >= 0.3 is 0 Å². The predicted molar refractivity (Wildman–Crippen MR) is 92.5 cm³/mol. The van der Waals surface area contributed by atoms with Crippen molar-refractivity contribution in [1.29, 1.82) is 0 Å². The molecule has 0 spiro atoms. The van der Waals surface area contributed by atoms with E-state index in [4.69, 9.17) is 0 Å². The number of allylic oxidation sites excluding steroid dienone is 3. The normalized spacial score (nSPS) is 23.0. The van der Waals surface area contributed by atoms with Crippen LogP contribution in [0.5, 0.6) is 0 Å². The van der Waals surface area contributed by atoms with Crippen molar-refractivity contribution in [3.05, 3.63) is 59.7 Å². The number of carbonyl (C=O) groups is 1. The lowest BCUT2D eigenvalue weighted by Crippen LogP contribution is -2.25. The maximum Gasteiger partial charge on any atom is 0.189 e. The minimum Gasteiger partial charge on any atom is -0.289 e. The number of fused-ring (bicyclic) bond motifs is 4. The molecule has 2 aromatic rings. The van der Waals surface area contributed by atoms with Crippen LogP contribution in [0.2, 0.25) is 0 Å². The Morgan fingerprint density at radius 1 is 1.14 bits per heavy atom. The number of Topliss-reactive ketones (excluding diaryl/α,β-unsaturated/α-hetero) is 1. The topological polar surface area (TPSA) is 17.1 Å². The van der Waals surface area contributed by atoms with E-state index in [-0.39, 0.29) is 11.2 Å². The lowest BCUT2D eigenvalue weighted by atomic mass is 9.72. The summed E-state index contributed by atoms with van der Waals surface area (Å²) in [4.78, 5) is 13.0. The Morgan fingerprint density at radius 3 is 2.64 bits per heavy atom. The molecule has 0 bridgehead atoms. The van der Waals surface area contributed by atoms with Gasteiger partial charge in [0.2, 0.25) is 0 Å². The van der Waals surface area contributed by atoms with Crippen molar-refractivity contribution in [3.63, 3.8) is 0 Å². The summed E-state index contributed by atoms with van der Waals surface area (Å²) >= 11 is 0. The molecule has 0 heterocycles. The highest BCUT2D eigenvalue weighted by atomic mass is 16.1. The smallest absolute Gasteiger partial charge is 0.189 e. The Kier molecular flexibility index (Phi) is 2.57. The average molecular weight is 288 g/mol. The molecule has 0 amide bonds. The first-order valence-electron chi connectivity index (χ1n) is 7.92. The number of benzene rings is 2. The first kappa shape index (κ1) is 13.5. The number of carbonyl (C=O) groups excluding carboxylic acids is 1. The largest absolute Gasteiger partial charge is 0.289 e. The van der Waals surface area contributed by atoms with E-state index in [1.165, 1.54) is 16.5 Å². The zero-order chi connectivity index (χ0) is 15.6. The SMILES string of the molecule is C=C1C(=O)C2=C(CC(C)C2(C)C)c2ccc3ccccc3c21. The van der Waals surface area contributed by atoms with Gasteiger partial charge in [-0.2, -0.15) is 0 Å². The molecule has 0 radical (unpaired) electrons. The summed E-state index contributed by atoms with van der Waals surface area (Å²) in [6.07, 6.45) is 0.979. The molecule has 0 fully saturated rings. The summed E-state index contributed by atoms with van der Waals surface area (Å²) in [5.74, 6) is 0.625. The standard InChI is InChI=1S/C21H20O/c1-12-11-17-16-10-9-14-7-5-6-8-15(14)18(16)13(2)20(22)19(17)21(12,3)4/h5-10,12H,2,11H2,1,3-4H3. The van der Waals surface area contributed by atoms with Gasteiger partial charge in [0.25, 0.3) is 0 Å². The molecule has 1 unspecified atom stereocenters. The molecule has 0 aromatic heterocycles. The molecule has 22 heavy (non-hydrogen) atoms. The summed E-state index contributed by atoms with van der Waals surface area (Å²) in [5.41, 5.74) is 5.09. The molecular formula is C21H20O. The Bertz CT molecular complexity index is 880. The van der Waals surface area contributed by atoms with Gasteiger partial charge in [0.1, 0.15) is 0 Å². The van der Waals surface area contributed by atoms with E-state index in [0.29, 0.717) is 11.5 Å². The van der Waals surface area contributed by atoms with Crippen LogP contribution in [0.3, 0.4) is 0 Å². The Balaban J connectivity index is 2.11. The van der Waals surface area contributed by atoms with Crippen LogP contribution < -0.4 is 0 Å². The van der Waals surface area contributed by atoms with Crippen molar-refractivity contribution in [1.82, 2.24) is 0 Å². The first-order chi connectivity index (χ1) is 10.4. The molecule has 1 heteroatoms. The lowest BCUT2D eigenvalue weighted by molar-refractivity contribution is -0.111. The molecule has 110 valence electrons. The van der Waals surface area contributed by atoms with Gasteiger partial charge in [0.05, 0.1) is 0 Å². The highest BCUT2D eigenvalue weighted by molar-refractivity contribution is 6.36. The summed E-state index contributed by atoms with van der Waals surface area (Å²) in [6, 6.07) is 12.6. The van der Waals surface area contributed by atoms with Gasteiger partial charge in [-0.3, -0.25) is 4.79 Å². The molecule has 1 nitrogen and oxygen atoms in total. The van der Waals surface area contributed by atoms with Crippen molar-refractivity contribution < 1.29 is 4.79 Å². The minimum atomic E-state index is -0.0707. The third-order valence-corrected chi connectivity index (χ3v) is 5.75. The van der Waals surface area contributed by atoms with Gasteiger partial charge in [-0.05, 0) is 39.7 Å². The van der Waals surface area contributed by atoms with E-state index >= 15 is 0 Å². The second kappa shape index (κ2) is 4.19. The summed E-state index contributed by atoms with van der Waals surface area (Å²) in [7, 11) is 0. The second-order valence-electron chi connectivity index (χ2n) is 7.20. The minimum absolute atomic E-state index is 0.0707. The Hall–Kier alpha value is -2.15. The van der Waals surface area contributed by atoms with Crippen molar-refractivity contribution in [3.8, 4) is 0 Å². The maximum absolute atomic E-state index is 13.0. The molecular weight excluding hydrogens is 268 g/mol. The fourth-order valence-electron chi connectivity index (χ4n) is 4.09. The highest BCUT2D eigenvalue weighted by Crippen LogP contribution is 2.55. The zero-order valence-electron chi connectivity index (χ0n) is 13.4. The van der Waals surface area contributed by atoms with E-state index in [1.807, 2.05) is 12.1 Å². The maximum atomic E-state index is 13.0. The number of rotatable bonds is 0. The van der Waals surface area contributed by atoms with Crippen molar-refractivity contribution in [2.24, 2.45) is 11.3 Å². The first-order valence-corrected chi connectivity index (χ1v) is 7.92. The van der Waals surface area contributed by atoms with Crippen LogP contribution in [-0.2, 0) is 4.79 Å². The fourth-order valence-corrected chi connectivity index (χ4v) is 4.09. The van der Waals surface area contributed by atoms with Gasteiger partial charge in [-0.25, -0.2) is 0 Å². The van der Waals surface area contributed by atoms with Gasteiger partial charge in [0, 0.05) is 16.7 Å². The van der Waals surface area contributed by atoms with E-state index in [2.05, 4.69) is 51.6 Å². The van der Waals surface area contributed by atoms with Gasteiger partial charge < -0.3 is 0 Å². The molecule has 0 aliphatic heterocycles. The van der Waals surface area contributed by atoms with Gasteiger partial charge in [0.15, 0.2) is 5.78 Å². The zero-order valence-corrected chi connectivity index (χ0v) is 13.4. The Morgan fingerprint density at radius 2 is 1.86 bits per heavy atom. The summed E-state index contributed by atoms with van der Waals surface area (Å²) < 4.78 is 0.